The number of fused-ring (bicyclic) bond motifs is 1. The number of hydrogen-bond acceptors (Lipinski definition) is 9. The second-order valence-corrected chi connectivity index (χ2v) is 13.2. The topological polar surface area (TPSA) is 135 Å². The predicted molar refractivity (Wildman–Crippen MR) is 161 cm³/mol. The molecule has 0 saturated carbocycles. The molecule has 216 valence electrons. The molecule has 2 aromatic carbocycles. The molecule has 0 aliphatic carbocycles. The molecule has 2 aromatic heterocycles. The summed E-state index contributed by atoms with van der Waals surface area (Å²) >= 11 is 13.1. The molecule has 0 spiro atoms. The van der Waals surface area contributed by atoms with Crippen LogP contribution >= 0.6 is 34.5 Å². The lowest BCUT2D eigenvalue weighted by atomic mass is 10.2. The third-order valence-electron chi connectivity index (χ3n) is 6.35. The number of sulfonamides is 1. The number of urea groups is 1. The van der Waals surface area contributed by atoms with Gasteiger partial charge in [0.05, 0.1) is 39.2 Å². The standard InChI is InChI=1S/C26H26Cl2N6O5S2/c27-20-14-18(31-26(36)32-41(37,38)24-7-6-23(28)40-24)3-5-22(20)34-16-30-21-15-17(2-4-19(21)25(34)35)29-8-1-9-33-10-12-39-13-11-33/h2-7,14-16,29H,1,8-13H2,(H2,31,32,36). The molecule has 0 bridgehead atoms. The van der Waals surface area contributed by atoms with E-state index in [4.69, 9.17) is 27.9 Å². The zero-order valence-corrected chi connectivity index (χ0v) is 24.7. The minimum atomic E-state index is -4.09. The van der Waals surface area contributed by atoms with Gasteiger partial charge in [0, 0.05) is 31.0 Å². The highest BCUT2D eigenvalue weighted by molar-refractivity contribution is 7.92. The summed E-state index contributed by atoms with van der Waals surface area (Å²) in [7, 11) is -4.09. The van der Waals surface area contributed by atoms with Crippen LogP contribution in [0.2, 0.25) is 9.36 Å². The lowest BCUT2D eigenvalue weighted by Crippen LogP contribution is -2.37. The van der Waals surface area contributed by atoms with Crippen molar-refractivity contribution in [2.75, 3.05) is 50.0 Å². The van der Waals surface area contributed by atoms with Crippen molar-refractivity contribution in [2.45, 2.75) is 10.6 Å². The molecule has 4 aromatic rings. The van der Waals surface area contributed by atoms with Crippen LogP contribution in [0.4, 0.5) is 16.2 Å². The molecule has 0 radical (unpaired) electrons. The summed E-state index contributed by atoms with van der Waals surface area (Å²) in [4.78, 5) is 32.4. The van der Waals surface area contributed by atoms with Crippen molar-refractivity contribution >= 4 is 72.9 Å². The van der Waals surface area contributed by atoms with Gasteiger partial charge in [-0.1, -0.05) is 23.2 Å². The number of thiophene rings is 1. The molecule has 0 atom stereocenters. The number of rotatable bonds is 9. The van der Waals surface area contributed by atoms with Gasteiger partial charge in [-0.05, 0) is 61.5 Å². The van der Waals surface area contributed by atoms with Crippen molar-refractivity contribution in [3.63, 3.8) is 0 Å². The Kier molecular flexibility index (Phi) is 9.12. The number of halogens is 2. The van der Waals surface area contributed by atoms with Crippen molar-refractivity contribution in [1.29, 1.82) is 0 Å². The monoisotopic (exact) mass is 636 g/mol. The molecule has 15 heteroatoms. The van der Waals surface area contributed by atoms with Crippen molar-refractivity contribution in [3.8, 4) is 5.69 Å². The van der Waals surface area contributed by atoms with Gasteiger partial charge in [-0.3, -0.25) is 14.3 Å². The highest BCUT2D eigenvalue weighted by atomic mass is 35.5. The van der Waals surface area contributed by atoms with E-state index in [9.17, 15) is 18.0 Å². The van der Waals surface area contributed by atoms with E-state index in [1.807, 2.05) is 16.9 Å². The third-order valence-corrected chi connectivity index (χ3v) is 9.71. The van der Waals surface area contributed by atoms with Gasteiger partial charge in [0.1, 0.15) is 10.5 Å². The molecule has 1 aliphatic heterocycles. The number of amides is 2. The molecule has 3 heterocycles. The first-order valence-electron chi connectivity index (χ1n) is 12.6. The zero-order valence-electron chi connectivity index (χ0n) is 21.6. The summed E-state index contributed by atoms with van der Waals surface area (Å²) in [5.74, 6) is 0. The number of aromatic nitrogens is 2. The highest BCUT2D eigenvalue weighted by Gasteiger charge is 2.20. The number of benzene rings is 2. The van der Waals surface area contributed by atoms with Crippen molar-refractivity contribution in [3.05, 3.63) is 74.6 Å². The molecular weight excluding hydrogens is 611 g/mol. The largest absolute Gasteiger partial charge is 0.385 e. The third kappa shape index (κ3) is 7.18. The molecule has 0 unspecified atom stereocenters. The van der Waals surface area contributed by atoms with Crippen LogP contribution in [-0.4, -0.2) is 68.3 Å². The predicted octanol–water partition coefficient (Wildman–Crippen LogP) is 4.40. The van der Waals surface area contributed by atoms with Gasteiger partial charge in [0.25, 0.3) is 15.6 Å². The van der Waals surface area contributed by atoms with Gasteiger partial charge in [-0.2, -0.15) is 0 Å². The van der Waals surface area contributed by atoms with Crippen LogP contribution in [-0.2, 0) is 14.8 Å². The average molecular weight is 638 g/mol. The smallest absolute Gasteiger partial charge is 0.333 e. The van der Waals surface area contributed by atoms with Crippen LogP contribution in [0.3, 0.4) is 0 Å². The Labute approximate surface area is 250 Å². The Hall–Kier alpha value is -3.20. The maximum Gasteiger partial charge on any atom is 0.333 e. The van der Waals surface area contributed by atoms with E-state index >= 15 is 0 Å². The molecule has 1 fully saturated rings. The molecule has 1 saturated heterocycles. The maximum atomic E-state index is 13.3. The molecular formula is C26H26Cl2N6O5S2. The molecule has 1 aliphatic rings. The molecule has 5 rings (SSSR count). The lowest BCUT2D eigenvalue weighted by Gasteiger charge is -2.26. The van der Waals surface area contributed by atoms with Gasteiger partial charge in [0.2, 0.25) is 0 Å². The highest BCUT2D eigenvalue weighted by Crippen LogP contribution is 2.26. The van der Waals surface area contributed by atoms with Gasteiger partial charge in [0.15, 0.2) is 0 Å². The summed E-state index contributed by atoms with van der Waals surface area (Å²) in [6.07, 6.45) is 2.38. The first kappa shape index (κ1) is 29.3. The number of carbonyl (C=O) groups is 1. The number of ether oxygens (including phenoxy) is 1. The molecule has 2 amide bonds. The number of morpholine rings is 1. The number of anilines is 2. The number of nitrogens with one attached hydrogen (secondary N) is 3. The SMILES string of the molecule is O=C(Nc1ccc(-n2cnc3cc(NCCCN4CCOCC4)ccc3c2=O)c(Cl)c1)NS(=O)(=O)c1ccc(Cl)s1. The first-order chi connectivity index (χ1) is 19.7. The van der Waals surface area contributed by atoms with E-state index in [2.05, 4.69) is 20.5 Å². The zero-order chi connectivity index (χ0) is 29.0. The minimum Gasteiger partial charge on any atom is -0.385 e. The Morgan fingerprint density at radius 3 is 2.56 bits per heavy atom. The second-order valence-electron chi connectivity index (χ2n) is 9.17. The lowest BCUT2D eigenvalue weighted by molar-refractivity contribution is 0.0378. The normalized spacial score (nSPS) is 14.2. The van der Waals surface area contributed by atoms with Crippen LogP contribution in [0.15, 0.2) is 63.9 Å². The van der Waals surface area contributed by atoms with Gasteiger partial charge >= 0.3 is 6.03 Å². The van der Waals surface area contributed by atoms with Crippen LogP contribution in [0.25, 0.3) is 16.6 Å². The van der Waals surface area contributed by atoms with Gasteiger partial charge in [-0.25, -0.2) is 22.9 Å². The number of nitrogens with zero attached hydrogens (tertiary/aromatic N) is 3. The summed E-state index contributed by atoms with van der Waals surface area (Å²) in [6, 6.07) is 11.6. The fraction of sp³-hybridized carbons (Fsp3) is 0.269. The fourth-order valence-electron chi connectivity index (χ4n) is 4.31. The van der Waals surface area contributed by atoms with Gasteiger partial charge in [-0.15, -0.1) is 11.3 Å². The summed E-state index contributed by atoms with van der Waals surface area (Å²) in [5.41, 5.74) is 1.68. The maximum absolute atomic E-state index is 13.3. The Balaban J connectivity index is 1.24. The van der Waals surface area contributed by atoms with Gasteiger partial charge < -0.3 is 15.4 Å². The van der Waals surface area contributed by atoms with Crippen LogP contribution in [0, 0.1) is 0 Å². The quantitative estimate of drug-likeness (QED) is 0.230. The number of hydrogen-bond donors (Lipinski definition) is 3. The Bertz CT molecular complexity index is 1740. The van der Waals surface area contributed by atoms with E-state index in [0.717, 1.165) is 62.8 Å². The van der Waals surface area contributed by atoms with E-state index in [-0.39, 0.29) is 24.8 Å². The molecule has 11 nitrogen and oxygen atoms in total. The Morgan fingerprint density at radius 1 is 1.05 bits per heavy atom. The summed E-state index contributed by atoms with van der Waals surface area (Å²) < 4.78 is 33.5. The van der Waals surface area contributed by atoms with Crippen molar-refractivity contribution < 1.29 is 17.9 Å². The van der Waals surface area contributed by atoms with E-state index in [0.29, 0.717) is 16.6 Å². The molecule has 41 heavy (non-hydrogen) atoms. The van der Waals surface area contributed by atoms with Crippen molar-refractivity contribution in [2.24, 2.45) is 0 Å². The van der Waals surface area contributed by atoms with E-state index < -0.39 is 16.1 Å². The molecule has 3 N–H and O–H groups in total. The van der Waals surface area contributed by atoms with E-state index in [1.165, 1.54) is 41.2 Å². The average Bonchev–Trinajstić information content (AvgIpc) is 3.39. The number of carbonyl (C=O) groups excluding carboxylic acids is 1. The van der Waals surface area contributed by atoms with Crippen LogP contribution in [0.1, 0.15) is 6.42 Å². The first-order valence-corrected chi connectivity index (χ1v) is 15.7. The summed E-state index contributed by atoms with van der Waals surface area (Å²) in [6.45, 7) is 5.27. The van der Waals surface area contributed by atoms with Crippen LogP contribution < -0.4 is 20.9 Å². The fourth-order valence-corrected chi connectivity index (χ4v) is 6.98. The van der Waals surface area contributed by atoms with E-state index in [1.54, 1.807) is 6.07 Å². The Morgan fingerprint density at radius 2 is 1.83 bits per heavy atom. The van der Waals surface area contributed by atoms with Crippen molar-refractivity contribution in [1.82, 2.24) is 19.2 Å². The minimum absolute atomic E-state index is 0.0964. The van der Waals surface area contributed by atoms with Crippen LogP contribution in [0.5, 0.6) is 0 Å². The second kappa shape index (κ2) is 12.8. The summed E-state index contributed by atoms with van der Waals surface area (Å²) in [5, 5.41) is 6.38.